The van der Waals surface area contributed by atoms with Crippen molar-refractivity contribution >= 4 is 23.6 Å². The van der Waals surface area contributed by atoms with Gasteiger partial charge in [0, 0.05) is 0 Å². The summed E-state index contributed by atoms with van der Waals surface area (Å²) in [4.78, 5) is 0. The Labute approximate surface area is 338 Å². The standard InChI is InChI=1S/C45H63Si.3ClH.Ti/c1-14-15-16-35-17-18-42(19-35)46(43-23-36(29(2)3)20-37(24-43)30(4)5,44-25-38(31(6)7)21-39(26-44)32(8)9)45-27-40(33(10)11)22-41(28-45)34(12)13;;;;/h17,20-34H,14-16,18H2,1-13H3;3*1H;/q;;;;+3/p-3. The van der Waals surface area contributed by atoms with E-state index in [1.165, 1.54) is 52.6 Å². The summed E-state index contributed by atoms with van der Waals surface area (Å²) < 4.78 is 1.58. The second-order valence-electron chi connectivity index (χ2n) is 16.2. The third-order valence-electron chi connectivity index (χ3n) is 10.7. The van der Waals surface area contributed by atoms with Gasteiger partial charge in [-0.25, -0.2) is 0 Å². The Morgan fingerprint density at radius 1 is 0.500 bits per heavy atom. The van der Waals surface area contributed by atoms with Crippen molar-refractivity contribution in [1.82, 2.24) is 0 Å². The van der Waals surface area contributed by atoms with Gasteiger partial charge < -0.3 is 37.2 Å². The predicted octanol–water partition coefficient (Wildman–Crippen LogP) is 2.77. The third-order valence-corrected chi connectivity index (χ3v) is 16.8. The van der Waals surface area contributed by atoms with Crippen molar-refractivity contribution in [3.8, 4) is 0 Å². The minimum absolute atomic E-state index is 0. The number of halogens is 3. The summed E-state index contributed by atoms with van der Waals surface area (Å²) in [5.74, 6) is 2.82. The van der Waals surface area contributed by atoms with Gasteiger partial charge in [0.05, 0.1) is 0 Å². The summed E-state index contributed by atoms with van der Waals surface area (Å²) in [6.07, 6.45) is 7.35. The number of allylic oxidation sites excluding steroid dienone is 4. The van der Waals surface area contributed by atoms with Crippen LogP contribution in [0.15, 0.2) is 75.3 Å². The van der Waals surface area contributed by atoms with Crippen molar-refractivity contribution in [3.63, 3.8) is 0 Å². The molecule has 0 aromatic heterocycles. The van der Waals surface area contributed by atoms with E-state index in [9.17, 15) is 0 Å². The Hall–Kier alpha value is -1.06. The molecule has 0 atom stereocenters. The number of unbranched alkanes of at least 4 members (excludes halogenated alkanes) is 1. The van der Waals surface area contributed by atoms with E-state index in [0.717, 1.165) is 6.42 Å². The fourth-order valence-electron chi connectivity index (χ4n) is 7.26. The fourth-order valence-corrected chi connectivity index (χ4v) is 13.9. The molecule has 0 spiro atoms. The normalized spacial score (nSPS) is 13.4. The minimum Gasteiger partial charge on any atom is -1.00 e. The fraction of sp³-hybridized carbons (Fsp3) is 0.511. The van der Waals surface area contributed by atoms with Gasteiger partial charge in [-0.3, -0.25) is 0 Å². The third kappa shape index (κ3) is 9.92. The molecule has 1 aliphatic carbocycles. The van der Waals surface area contributed by atoms with Crippen LogP contribution in [0, 0.1) is 0 Å². The van der Waals surface area contributed by atoms with Crippen LogP contribution >= 0.6 is 0 Å². The summed E-state index contributed by atoms with van der Waals surface area (Å²) in [7, 11) is -2.77. The first-order valence-electron chi connectivity index (χ1n) is 18.7. The maximum Gasteiger partial charge on any atom is -1.00 e. The van der Waals surface area contributed by atoms with Gasteiger partial charge in [0.25, 0.3) is 0 Å². The van der Waals surface area contributed by atoms with Gasteiger partial charge in [0.15, 0.2) is 0 Å². The number of rotatable bonds is 13. The van der Waals surface area contributed by atoms with Crippen LogP contribution in [-0.4, -0.2) is 8.07 Å². The van der Waals surface area contributed by atoms with E-state index >= 15 is 0 Å². The van der Waals surface area contributed by atoms with E-state index in [1.54, 1.807) is 30.2 Å². The van der Waals surface area contributed by atoms with Crippen molar-refractivity contribution < 1.29 is 57.7 Å². The van der Waals surface area contributed by atoms with E-state index < -0.39 is 8.07 Å². The molecule has 0 nitrogen and oxygen atoms in total. The van der Waals surface area contributed by atoms with Crippen molar-refractivity contribution in [1.29, 1.82) is 0 Å². The van der Waals surface area contributed by atoms with Gasteiger partial charge in [0.2, 0.25) is 0 Å². The molecule has 3 aromatic carbocycles. The molecule has 1 aliphatic rings. The molecule has 4 rings (SSSR count). The summed E-state index contributed by atoms with van der Waals surface area (Å²) >= 11 is 2.48. The van der Waals surface area contributed by atoms with E-state index in [2.05, 4.69) is 171 Å². The van der Waals surface area contributed by atoms with Crippen molar-refractivity contribution in [3.05, 3.63) is 109 Å². The zero-order chi connectivity index (χ0) is 34.8. The van der Waals surface area contributed by atoms with E-state index in [-0.39, 0.29) is 37.2 Å². The zero-order valence-corrected chi connectivity index (χ0v) is 38.0. The zero-order valence-electron chi connectivity index (χ0n) is 33.2. The van der Waals surface area contributed by atoms with Crippen molar-refractivity contribution in [2.45, 2.75) is 151 Å². The second-order valence-corrected chi connectivity index (χ2v) is 20.9. The van der Waals surface area contributed by atoms with Crippen molar-refractivity contribution in [2.24, 2.45) is 0 Å². The molecular formula is C45H63Cl3SiTi. The molecule has 0 unspecified atom stereocenters. The van der Waals surface area contributed by atoms with Crippen molar-refractivity contribution in [2.75, 3.05) is 0 Å². The van der Waals surface area contributed by atoms with Crippen LogP contribution in [0.3, 0.4) is 0 Å². The molecule has 3 aromatic rings. The summed E-state index contributed by atoms with van der Waals surface area (Å²) in [6.45, 7) is 30.9. The molecule has 0 radical (unpaired) electrons. The Kier molecular flexibility index (Phi) is 18.6. The molecule has 272 valence electrons. The van der Waals surface area contributed by atoms with E-state index in [1.807, 2.05) is 0 Å². The van der Waals surface area contributed by atoms with Gasteiger partial charge in [0.1, 0.15) is 0 Å². The number of hydrogen-bond donors (Lipinski definition) is 0. The van der Waals surface area contributed by atoms with Crippen LogP contribution in [0.25, 0.3) is 0 Å². The summed E-state index contributed by atoms with van der Waals surface area (Å²) in [5.41, 5.74) is 10.5. The Morgan fingerprint density at radius 2 is 0.780 bits per heavy atom. The van der Waals surface area contributed by atoms with Crippen LogP contribution in [0.2, 0.25) is 0 Å². The molecule has 0 bridgehead atoms. The van der Waals surface area contributed by atoms with Gasteiger partial charge in [-0.15, -0.1) is 0 Å². The molecule has 50 heavy (non-hydrogen) atoms. The second kappa shape index (κ2) is 19.9. The topological polar surface area (TPSA) is 0 Å². The molecule has 0 saturated carbocycles. The molecule has 0 saturated heterocycles. The summed E-state index contributed by atoms with van der Waals surface area (Å²) in [5, 5.41) is 6.46. The minimum atomic E-state index is -2.77. The first-order chi connectivity index (χ1) is 22.1. The Bertz CT molecular complexity index is 1390. The van der Waals surface area contributed by atoms with E-state index in [4.69, 9.17) is 0 Å². The SMILES string of the molecule is CCCCC1=CCC([Si](c2cc(C(C)C)cc(C(C)C)c2)(c2cc(C(C)C)cc(C(C)C)c2)c2cc(C(C)C)cc(C(C)C)c2)=[C]1[Ti+3].[Cl-].[Cl-].[Cl-]. The summed E-state index contributed by atoms with van der Waals surface area (Å²) in [6, 6.07) is 23.4. The van der Waals surface area contributed by atoms with Crippen LogP contribution in [0.4, 0.5) is 0 Å². The first kappa shape index (κ1) is 47.0. The number of hydrogen-bond acceptors (Lipinski definition) is 0. The maximum atomic E-state index is 2.65. The average molecular weight is 786 g/mol. The van der Waals surface area contributed by atoms with Gasteiger partial charge >= 0.3 is 304 Å². The molecular weight excluding hydrogens is 723 g/mol. The Morgan fingerprint density at radius 3 is 1.02 bits per heavy atom. The van der Waals surface area contributed by atoms with Crippen LogP contribution < -0.4 is 52.8 Å². The molecule has 0 fully saturated rings. The smallest absolute Gasteiger partial charge is 1.00 e. The first-order valence-corrected chi connectivity index (χ1v) is 21.5. The molecule has 0 heterocycles. The van der Waals surface area contributed by atoms with Gasteiger partial charge in [-0.1, -0.05) is 0 Å². The largest absolute Gasteiger partial charge is 1.00 e. The van der Waals surface area contributed by atoms with Gasteiger partial charge in [-0.2, -0.15) is 0 Å². The van der Waals surface area contributed by atoms with Crippen LogP contribution in [-0.2, 0) is 20.4 Å². The molecule has 0 N–H and O–H groups in total. The van der Waals surface area contributed by atoms with Crippen LogP contribution in [0.5, 0.6) is 0 Å². The van der Waals surface area contributed by atoms with E-state index in [0.29, 0.717) is 35.5 Å². The van der Waals surface area contributed by atoms with Gasteiger partial charge in [-0.05, 0) is 0 Å². The quantitative estimate of drug-likeness (QED) is 0.185. The maximum absolute atomic E-state index is 2.77. The molecule has 0 aliphatic heterocycles. The number of benzene rings is 3. The molecule has 5 heteroatoms. The molecule has 0 amide bonds. The average Bonchev–Trinajstić information content (AvgIpc) is 3.39. The van der Waals surface area contributed by atoms with Crippen LogP contribution in [0.1, 0.15) is 185 Å². The predicted molar refractivity (Wildman–Crippen MR) is 208 cm³/mol. The monoisotopic (exact) mass is 784 g/mol. The Balaban J connectivity index is 0.00000417.